The molecule has 1 atom stereocenters. The molecule has 202 valence electrons. The van der Waals surface area contributed by atoms with Crippen LogP contribution in [-0.4, -0.2) is 18.1 Å². The third-order valence-corrected chi connectivity index (χ3v) is 6.79. The van der Waals surface area contributed by atoms with Gasteiger partial charge in [0.15, 0.2) is 0 Å². The Kier molecular flexibility index (Phi) is 8.21. The molecule has 0 radical (unpaired) electrons. The van der Waals surface area contributed by atoms with E-state index in [9.17, 15) is 14.4 Å². The maximum absolute atomic E-state index is 13.3. The molecular formula is C33H29NO6. The van der Waals surface area contributed by atoms with Crippen LogP contribution in [-0.2, 0) is 22.6 Å². The lowest BCUT2D eigenvalue weighted by molar-refractivity contribution is -0.136. The van der Waals surface area contributed by atoms with Gasteiger partial charge in [-0.25, -0.2) is 14.4 Å². The average Bonchev–Trinajstić information content (AvgIpc) is 2.98. The summed E-state index contributed by atoms with van der Waals surface area (Å²) >= 11 is 0. The molecule has 1 unspecified atom stereocenters. The maximum Gasteiger partial charge on any atom is 0.408 e. The number of hydrogen-bond acceptors (Lipinski definition) is 6. The summed E-state index contributed by atoms with van der Waals surface area (Å²) in [5, 5.41) is 4.66. The van der Waals surface area contributed by atoms with Crippen molar-refractivity contribution in [3.63, 3.8) is 0 Å². The highest BCUT2D eigenvalue weighted by molar-refractivity contribution is 6.05. The molecule has 0 aliphatic heterocycles. The predicted molar refractivity (Wildman–Crippen MR) is 153 cm³/mol. The molecule has 0 saturated heterocycles. The van der Waals surface area contributed by atoms with E-state index in [1.54, 1.807) is 31.2 Å². The highest BCUT2D eigenvalue weighted by Crippen LogP contribution is 2.31. The van der Waals surface area contributed by atoms with Crippen molar-refractivity contribution in [3.8, 4) is 5.75 Å². The lowest BCUT2D eigenvalue weighted by Gasteiger charge is -2.18. The van der Waals surface area contributed by atoms with E-state index in [-0.39, 0.29) is 12.4 Å². The molecule has 7 heteroatoms. The van der Waals surface area contributed by atoms with Gasteiger partial charge in [0.2, 0.25) is 0 Å². The number of nitrogens with one attached hydrogen (secondary N) is 1. The number of rotatable bonds is 9. The van der Waals surface area contributed by atoms with Crippen LogP contribution in [0, 0.1) is 6.92 Å². The molecule has 0 aliphatic rings. The van der Waals surface area contributed by atoms with Crippen molar-refractivity contribution in [2.45, 2.75) is 38.8 Å². The van der Waals surface area contributed by atoms with Crippen molar-refractivity contribution in [2.75, 3.05) is 0 Å². The van der Waals surface area contributed by atoms with Crippen LogP contribution in [0.4, 0.5) is 4.79 Å². The zero-order valence-corrected chi connectivity index (χ0v) is 22.1. The van der Waals surface area contributed by atoms with E-state index in [0.29, 0.717) is 29.4 Å². The van der Waals surface area contributed by atoms with Crippen LogP contribution in [0.1, 0.15) is 29.5 Å². The van der Waals surface area contributed by atoms with E-state index in [0.717, 1.165) is 28.3 Å². The quantitative estimate of drug-likeness (QED) is 0.101. The topological polar surface area (TPSA) is 94.8 Å². The summed E-state index contributed by atoms with van der Waals surface area (Å²) in [7, 11) is 0. The van der Waals surface area contributed by atoms with Gasteiger partial charge in [0, 0.05) is 10.9 Å². The largest absolute Gasteiger partial charge is 0.445 e. The van der Waals surface area contributed by atoms with Crippen molar-refractivity contribution in [1.82, 2.24) is 5.32 Å². The zero-order chi connectivity index (χ0) is 27.9. The molecule has 5 rings (SSSR count). The van der Waals surface area contributed by atoms with Crippen molar-refractivity contribution < 1.29 is 23.5 Å². The van der Waals surface area contributed by atoms with Crippen LogP contribution < -0.4 is 15.7 Å². The molecule has 5 aromatic rings. The third-order valence-electron chi connectivity index (χ3n) is 6.79. The summed E-state index contributed by atoms with van der Waals surface area (Å²) in [6.07, 6.45) is 1.01. The summed E-state index contributed by atoms with van der Waals surface area (Å²) in [5.41, 5.74) is 2.38. The molecule has 1 aromatic heterocycles. The van der Waals surface area contributed by atoms with Crippen LogP contribution in [0.3, 0.4) is 0 Å². The lowest BCUT2D eigenvalue weighted by Crippen LogP contribution is -2.43. The van der Waals surface area contributed by atoms with Crippen molar-refractivity contribution in [3.05, 3.63) is 124 Å². The Morgan fingerprint density at radius 1 is 0.800 bits per heavy atom. The van der Waals surface area contributed by atoms with Crippen LogP contribution >= 0.6 is 0 Å². The van der Waals surface area contributed by atoms with E-state index < -0.39 is 23.7 Å². The summed E-state index contributed by atoms with van der Waals surface area (Å²) < 4.78 is 16.7. The van der Waals surface area contributed by atoms with Gasteiger partial charge in [-0.2, -0.15) is 0 Å². The van der Waals surface area contributed by atoms with Gasteiger partial charge in [0.1, 0.15) is 24.0 Å². The van der Waals surface area contributed by atoms with Crippen LogP contribution in [0.5, 0.6) is 5.75 Å². The van der Waals surface area contributed by atoms with E-state index in [1.165, 1.54) is 0 Å². The van der Waals surface area contributed by atoms with Gasteiger partial charge < -0.3 is 19.2 Å². The Labute approximate surface area is 231 Å². The normalized spacial score (nSPS) is 11.7. The number of alkyl carbamates (subject to hydrolysis) is 1. The van der Waals surface area contributed by atoms with Gasteiger partial charge in [-0.15, -0.1) is 0 Å². The molecular weight excluding hydrogens is 506 g/mol. The van der Waals surface area contributed by atoms with Gasteiger partial charge >= 0.3 is 17.7 Å². The number of aryl methyl sites for hydroxylation is 2. The Morgan fingerprint density at radius 3 is 2.17 bits per heavy atom. The van der Waals surface area contributed by atoms with E-state index in [1.807, 2.05) is 72.8 Å². The van der Waals surface area contributed by atoms with Gasteiger partial charge in [-0.3, -0.25) is 0 Å². The number of fused-ring (bicyclic) bond motifs is 3. The Morgan fingerprint density at radius 2 is 1.45 bits per heavy atom. The SMILES string of the molecule is Cc1c(OC(=O)C(CCCc2ccccc2)NC(=O)OCc2ccccc2)ccc2c1oc(=O)c1ccccc12. The second kappa shape index (κ2) is 12.3. The van der Waals surface area contributed by atoms with Crippen molar-refractivity contribution >= 4 is 33.8 Å². The summed E-state index contributed by atoms with van der Waals surface area (Å²) in [5.74, 6) is -0.376. The van der Waals surface area contributed by atoms with Crippen LogP contribution in [0.25, 0.3) is 21.7 Å². The molecule has 1 N–H and O–H groups in total. The molecule has 0 saturated carbocycles. The number of carbonyl (C=O) groups excluding carboxylic acids is 2. The monoisotopic (exact) mass is 535 g/mol. The highest BCUT2D eigenvalue weighted by atomic mass is 16.6. The fourth-order valence-corrected chi connectivity index (χ4v) is 4.66. The highest BCUT2D eigenvalue weighted by Gasteiger charge is 2.25. The summed E-state index contributed by atoms with van der Waals surface area (Å²) in [6, 6.07) is 28.9. The number of carbonyl (C=O) groups is 2. The first kappa shape index (κ1) is 26.7. The molecule has 1 heterocycles. The molecule has 40 heavy (non-hydrogen) atoms. The summed E-state index contributed by atoms with van der Waals surface area (Å²) in [4.78, 5) is 38.5. The van der Waals surface area contributed by atoms with Gasteiger partial charge in [0.05, 0.1) is 5.39 Å². The third kappa shape index (κ3) is 6.21. The number of hydrogen-bond donors (Lipinski definition) is 1. The molecule has 0 spiro atoms. The number of amides is 1. The maximum atomic E-state index is 13.3. The standard InChI is InChI=1S/C33H29NO6/c1-22-29(20-19-26-25-16-8-9-17-27(25)31(35)40-30(22)26)39-32(36)28(18-10-15-23-11-4-2-5-12-23)34-33(37)38-21-24-13-6-3-7-14-24/h2-9,11-14,16-17,19-20,28H,10,15,18,21H2,1H3,(H,34,37). The minimum atomic E-state index is -0.939. The fraction of sp³-hybridized carbons (Fsp3) is 0.182. The van der Waals surface area contributed by atoms with Crippen LogP contribution in [0.15, 0.2) is 106 Å². The smallest absolute Gasteiger partial charge is 0.408 e. The zero-order valence-electron chi connectivity index (χ0n) is 22.1. The summed E-state index contributed by atoms with van der Waals surface area (Å²) in [6.45, 7) is 1.81. The van der Waals surface area contributed by atoms with E-state index in [4.69, 9.17) is 13.9 Å². The molecule has 7 nitrogen and oxygen atoms in total. The Balaban J connectivity index is 1.33. The van der Waals surface area contributed by atoms with Gasteiger partial charge in [0.25, 0.3) is 0 Å². The first-order chi connectivity index (χ1) is 19.5. The van der Waals surface area contributed by atoms with Crippen molar-refractivity contribution in [2.24, 2.45) is 0 Å². The molecule has 4 aromatic carbocycles. The first-order valence-corrected chi connectivity index (χ1v) is 13.2. The van der Waals surface area contributed by atoms with Gasteiger partial charge in [-0.1, -0.05) is 78.9 Å². The van der Waals surface area contributed by atoms with E-state index in [2.05, 4.69) is 5.32 Å². The van der Waals surface area contributed by atoms with Gasteiger partial charge in [-0.05, 0) is 60.9 Å². The fourth-order valence-electron chi connectivity index (χ4n) is 4.66. The Bertz CT molecular complexity index is 1700. The second-order valence-corrected chi connectivity index (χ2v) is 9.56. The molecule has 0 bridgehead atoms. The van der Waals surface area contributed by atoms with Crippen molar-refractivity contribution in [1.29, 1.82) is 0 Å². The average molecular weight is 536 g/mol. The van der Waals surface area contributed by atoms with Crippen LogP contribution in [0.2, 0.25) is 0 Å². The minimum Gasteiger partial charge on any atom is -0.445 e. The number of ether oxygens (including phenoxy) is 2. The van der Waals surface area contributed by atoms with E-state index >= 15 is 0 Å². The molecule has 0 fully saturated rings. The predicted octanol–water partition coefficient (Wildman–Crippen LogP) is 6.48. The molecule has 1 amide bonds. The molecule has 0 aliphatic carbocycles. The Hall–Kier alpha value is -4.91. The minimum absolute atomic E-state index is 0.0786. The second-order valence-electron chi connectivity index (χ2n) is 9.56. The number of benzene rings is 4. The lowest BCUT2D eigenvalue weighted by atomic mass is 10.0. The first-order valence-electron chi connectivity index (χ1n) is 13.2. The number of esters is 1.